The number of nitrogens with one attached hydrogen (secondary N) is 1. The van der Waals surface area contributed by atoms with Crippen LogP contribution in [0.4, 0.5) is 5.69 Å². The maximum atomic E-state index is 10.7. The van der Waals surface area contributed by atoms with E-state index in [0.29, 0.717) is 0 Å². The van der Waals surface area contributed by atoms with Gasteiger partial charge in [0.05, 0.1) is 11.0 Å². The topological polar surface area (TPSA) is 75.4 Å². The van der Waals surface area contributed by atoms with Crippen LogP contribution < -0.4 is 5.32 Å². The SMILES string of the molecule is CC(O)CCCNC(C)c1cccc([N+](=O)[O-])c1. The van der Waals surface area contributed by atoms with E-state index in [1.165, 1.54) is 6.07 Å². The molecule has 0 amide bonds. The summed E-state index contributed by atoms with van der Waals surface area (Å²) < 4.78 is 0. The monoisotopic (exact) mass is 252 g/mol. The minimum absolute atomic E-state index is 0.0684. The first-order chi connectivity index (χ1) is 8.50. The van der Waals surface area contributed by atoms with Crippen LogP contribution >= 0.6 is 0 Å². The summed E-state index contributed by atoms with van der Waals surface area (Å²) in [6.07, 6.45) is 1.37. The summed E-state index contributed by atoms with van der Waals surface area (Å²) in [6.45, 7) is 4.53. The largest absolute Gasteiger partial charge is 0.393 e. The fourth-order valence-electron chi connectivity index (χ4n) is 1.74. The van der Waals surface area contributed by atoms with E-state index >= 15 is 0 Å². The first-order valence-corrected chi connectivity index (χ1v) is 6.16. The third-order valence-electron chi connectivity index (χ3n) is 2.83. The highest BCUT2D eigenvalue weighted by atomic mass is 16.6. The van der Waals surface area contributed by atoms with Crippen LogP contribution in [0.3, 0.4) is 0 Å². The van der Waals surface area contributed by atoms with Crippen molar-refractivity contribution in [3.05, 3.63) is 39.9 Å². The van der Waals surface area contributed by atoms with Crippen molar-refractivity contribution in [2.24, 2.45) is 0 Å². The van der Waals surface area contributed by atoms with Crippen molar-refractivity contribution in [1.29, 1.82) is 0 Å². The Bertz CT molecular complexity index is 394. The van der Waals surface area contributed by atoms with E-state index in [2.05, 4.69) is 5.32 Å². The molecular weight excluding hydrogens is 232 g/mol. The molecule has 0 saturated carbocycles. The Morgan fingerprint density at radius 1 is 1.44 bits per heavy atom. The molecule has 0 fully saturated rings. The zero-order valence-electron chi connectivity index (χ0n) is 10.8. The molecule has 0 saturated heterocycles. The molecular formula is C13H20N2O3. The lowest BCUT2D eigenvalue weighted by Crippen LogP contribution is -2.20. The van der Waals surface area contributed by atoms with Crippen molar-refractivity contribution < 1.29 is 10.0 Å². The van der Waals surface area contributed by atoms with Crippen LogP contribution in [0.5, 0.6) is 0 Å². The summed E-state index contributed by atoms with van der Waals surface area (Å²) in [6, 6.07) is 6.72. The summed E-state index contributed by atoms with van der Waals surface area (Å²) >= 11 is 0. The molecule has 0 aliphatic carbocycles. The number of nitro groups is 1. The predicted molar refractivity (Wildman–Crippen MR) is 70.4 cm³/mol. The van der Waals surface area contributed by atoms with Crippen molar-refractivity contribution >= 4 is 5.69 Å². The van der Waals surface area contributed by atoms with Crippen molar-refractivity contribution in [1.82, 2.24) is 5.32 Å². The van der Waals surface area contributed by atoms with Crippen LogP contribution in [0, 0.1) is 10.1 Å². The number of hydrogen-bond acceptors (Lipinski definition) is 4. The average molecular weight is 252 g/mol. The molecule has 0 aliphatic rings. The van der Waals surface area contributed by atoms with Gasteiger partial charge in [-0.05, 0) is 38.8 Å². The predicted octanol–water partition coefficient (Wildman–Crippen LogP) is 2.41. The zero-order chi connectivity index (χ0) is 13.5. The third kappa shape index (κ3) is 4.81. The average Bonchev–Trinajstić information content (AvgIpc) is 2.34. The number of aliphatic hydroxyl groups is 1. The molecule has 1 rings (SSSR count). The number of aliphatic hydroxyl groups excluding tert-OH is 1. The van der Waals surface area contributed by atoms with Gasteiger partial charge in [0.1, 0.15) is 0 Å². The molecule has 2 unspecified atom stereocenters. The molecule has 5 nitrogen and oxygen atoms in total. The molecule has 2 atom stereocenters. The lowest BCUT2D eigenvalue weighted by atomic mass is 10.1. The molecule has 0 spiro atoms. The van der Waals surface area contributed by atoms with Gasteiger partial charge in [0.15, 0.2) is 0 Å². The van der Waals surface area contributed by atoms with Crippen molar-refractivity contribution in [2.75, 3.05) is 6.54 Å². The second-order valence-corrected chi connectivity index (χ2v) is 4.52. The Labute approximate surface area is 107 Å². The van der Waals surface area contributed by atoms with Crippen LogP contribution in [0.2, 0.25) is 0 Å². The minimum Gasteiger partial charge on any atom is -0.393 e. The summed E-state index contributed by atoms with van der Waals surface area (Å²) in [5, 5.41) is 23.1. The zero-order valence-corrected chi connectivity index (χ0v) is 10.8. The van der Waals surface area contributed by atoms with E-state index in [9.17, 15) is 10.1 Å². The number of nitrogens with zero attached hydrogens (tertiary/aromatic N) is 1. The molecule has 2 N–H and O–H groups in total. The molecule has 0 heterocycles. The molecule has 0 aliphatic heterocycles. The molecule has 0 bridgehead atoms. The third-order valence-corrected chi connectivity index (χ3v) is 2.83. The second kappa shape index (κ2) is 7.08. The van der Waals surface area contributed by atoms with Gasteiger partial charge < -0.3 is 10.4 Å². The van der Waals surface area contributed by atoms with Crippen LogP contribution in [-0.4, -0.2) is 22.7 Å². The van der Waals surface area contributed by atoms with E-state index in [4.69, 9.17) is 5.11 Å². The van der Waals surface area contributed by atoms with E-state index < -0.39 is 0 Å². The van der Waals surface area contributed by atoms with Gasteiger partial charge in [-0.2, -0.15) is 0 Å². The first kappa shape index (κ1) is 14.6. The van der Waals surface area contributed by atoms with E-state index in [1.807, 2.05) is 13.0 Å². The van der Waals surface area contributed by atoms with Gasteiger partial charge in [-0.1, -0.05) is 12.1 Å². The fourth-order valence-corrected chi connectivity index (χ4v) is 1.74. The molecule has 0 aromatic heterocycles. The maximum absolute atomic E-state index is 10.7. The molecule has 1 aromatic carbocycles. The lowest BCUT2D eigenvalue weighted by Gasteiger charge is -2.14. The molecule has 5 heteroatoms. The van der Waals surface area contributed by atoms with E-state index in [0.717, 1.165) is 24.9 Å². The standard InChI is InChI=1S/C13H20N2O3/c1-10(16)5-4-8-14-11(2)12-6-3-7-13(9-12)15(17)18/h3,6-7,9-11,14,16H,4-5,8H2,1-2H3. The van der Waals surface area contributed by atoms with E-state index in [-0.39, 0.29) is 22.8 Å². The smallest absolute Gasteiger partial charge is 0.269 e. The van der Waals surface area contributed by atoms with Gasteiger partial charge in [-0.3, -0.25) is 10.1 Å². The minimum atomic E-state index is -0.385. The summed E-state index contributed by atoms with van der Waals surface area (Å²) in [5.41, 5.74) is 1.02. The van der Waals surface area contributed by atoms with Crippen molar-refractivity contribution in [3.8, 4) is 0 Å². The molecule has 100 valence electrons. The summed E-state index contributed by atoms with van der Waals surface area (Å²) in [7, 11) is 0. The molecule has 18 heavy (non-hydrogen) atoms. The van der Waals surface area contributed by atoms with Crippen LogP contribution in [0.15, 0.2) is 24.3 Å². The van der Waals surface area contributed by atoms with E-state index in [1.54, 1.807) is 19.1 Å². The fraction of sp³-hybridized carbons (Fsp3) is 0.538. The van der Waals surface area contributed by atoms with Gasteiger partial charge in [-0.25, -0.2) is 0 Å². The van der Waals surface area contributed by atoms with Crippen LogP contribution in [0.1, 0.15) is 38.3 Å². The van der Waals surface area contributed by atoms with Crippen LogP contribution in [0.25, 0.3) is 0 Å². The highest BCUT2D eigenvalue weighted by Crippen LogP contribution is 2.18. The number of non-ortho nitro benzene ring substituents is 1. The highest BCUT2D eigenvalue weighted by molar-refractivity contribution is 5.35. The van der Waals surface area contributed by atoms with Gasteiger partial charge in [-0.15, -0.1) is 0 Å². The van der Waals surface area contributed by atoms with Gasteiger partial charge >= 0.3 is 0 Å². The van der Waals surface area contributed by atoms with Gasteiger partial charge in [0, 0.05) is 18.2 Å². The van der Waals surface area contributed by atoms with Gasteiger partial charge in [0.25, 0.3) is 5.69 Å². The Morgan fingerprint density at radius 2 is 2.17 bits per heavy atom. The normalized spacial score (nSPS) is 14.2. The highest BCUT2D eigenvalue weighted by Gasteiger charge is 2.10. The summed E-state index contributed by atoms with van der Waals surface area (Å²) in [5.74, 6) is 0. The number of hydrogen-bond donors (Lipinski definition) is 2. The Balaban J connectivity index is 2.48. The lowest BCUT2D eigenvalue weighted by molar-refractivity contribution is -0.384. The quantitative estimate of drug-likeness (QED) is 0.444. The molecule has 1 aromatic rings. The van der Waals surface area contributed by atoms with Crippen molar-refractivity contribution in [3.63, 3.8) is 0 Å². The summed E-state index contributed by atoms with van der Waals surface area (Å²) in [4.78, 5) is 10.3. The molecule has 0 radical (unpaired) electrons. The van der Waals surface area contributed by atoms with Crippen molar-refractivity contribution in [2.45, 2.75) is 38.8 Å². The second-order valence-electron chi connectivity index (χ2n) is 4.52. The Kier molecular flexibility index (Phi) is 5.74. The number of benzene rings is 1. The number of rotatable bonds is 7. The Hall–Kier alpha value is -1.46. The first-order valence-electron chi connectivity index (χ1n) is 6.16. The van der Waals surface area contributed by atoms with Crippen LogP contribution in [-0.2, 0) is 0 Å². The maximum Gasteiger partial charge on any atom is 0.269 e. The Morgan fingerprint density at radius 3 is 2.78 bits per heavy atom. The van der Waals surface area contributed by atoms with Gasteiger partial charge in [0.2, 0.25) is 0 Å². The number of nitro benzene ring substituents is 1.